The average molecular weight is 471 g/mol. The summed E-state index contributed by atoms with van der Waals surface area (Å²) < 4.78 is 26.4. The summed E-state index contributed by atoms with van der Waals surface area (Å²) in [5, 5.41) is 17.8. The van der Waals surface area contributed by atoms with Crippen LogP contribution < -0.4 is 10.1 Å². The number of rotatable bonds is 8. The molecular weight excluding hydrogens is 455 g/mol. The molecule has 0 aliphatic heterocycles. The molecule has 2 heterocycles. The predicted molar refractivity (Wildman–Crippen MR) is 117 cm³/mol. The van der Waals surface area contributed by atoms with E-state index in [0.717, 1.165) is 0 Å². The Kier molecular flexibility index (Phi) is 6.36. The van der Waals surface area contributed by atoms with Crippen molar-refractivity contribution in [2.45, 2.75) is 13.2 Å². The number of nitrogens with one attached hydrogen (secondary N) is 1. The first-order valence-corrected chi connectivity index (χ1v) is 10.0. The molecule has 0 saturated carbocycles. The fourth-order valence-electron chi connectivity index (χ4n) is 2.94. The largest absolute Gasteiger partial charge is 0.486 e. The van der Waals surface area contributed by atoms with Crippen molar-refractivity contribution in [3.05, 3.63) is 105 Å². The van der Waals surface area contributed by atoms with Crippen LogP contribution in [-0.2, 0) is 13.2 Å². The summed E-state index contributed by atoms with van der Waals surface area (Å²) in [6, 6.07) is 14.7. The van der Waals surface area contributed by atoms with E-state index >= 15 is 0 Å². The number of nitro groups is 1. The van der Waals surface area contributed by atoms with Gasteiger partial charge in [0.15, 0.2) is 11.6 Å². The van der Waals surface area contributed by atoms with Gasteiger partial charge in [-0.2, -0.15) is 5.10 Å². The zero-order chi connectivity index (χ0) is 23.4. The van der Waals surface area contributed by atoms with Crippen LogP contribution in [0.15, 0.2) is 71.3 Å². The number of carbonyl (C=O) groups is 1. The molecule has 2 aromatic carbocycles. The molecule has 0 aliphatic carbocycles. The van der Waals surface area contributed by atoms with Crippen molar-refractivity contribution < 1.29 is 23.3 Å². The number of non-ortho nitro benzene ring substituents is 1. The molecule has 0 saturated heterocycles. The van der Waals surface area contributed by atoms with E-state index in [1.54, 1.807) is 24.4 Å². The van der Waals surface area contributed by atoms with Crippen molar-refractivity contribution in [3.8, 4) is 5.75 Å². The molecule has 0 fully saturated rings. The second-order valence-corrected chi connectivity index (χ2v) is 7.27. The Morgan fingerprint density at radius 3 is 2.70 bits per heavy atom. The van der Waals surface area contributed by atoms with E-state index in [4.69, 9.17) is 20.8 Å². The monoisotopic (exact) mass is 470 g/mol. The summed E-state index contributed by atoms with van der Waals surface area (Å²) in [6.45, 7) is 0.134. The molecule has 168 valence electrons. The molecule has 2 aromatic heterocycles. The SMILES string of the molecule is O=C(Nc1ccn(Cc2c(F)cccc2Cl)n1)c1ccc(COc2ccc([N+](=O)[O-])cc2)o1. The summed E-state index contributed by atoms with van der Waals surface area (Å²) >= 11 is 6.04. The van der Waals surface area contributed by atoms with Gasteiger partial charge in [-0.15, -0.1) is 0 Å². The van der Waals surface area contributed by atoms with E-state index in [9.17, 15) is 19.3 Å². The Labute approximate surface area is 191 Å². The number of hydrogen-bond donors (Lipinski definition) is 1. The Hall–Kier alpha value is -4.18. The minimum Gasteiger partial charge on any atom is -0.486 e. The highest BCUT2D eigenvalue weighted by molar-refractivity contribution is 6.31. The van der Waals surface area contributed by atoms with Crippen molar-refractivity contribution in [1.82, 2.24) is 9.78 Å². The molecule has 0 atom stereocenters. The van der Waals surface area contributed by atoms with Gasteiger partial charge in [0.1, 0.15) is 23.9 Å². The van der Waals surface area contributed by atoms with Crippen LogP contribution in [0, 0.1) is 15.9 Å². The number of hydrogen-bond acceptors (Lipinski definition) is 6. The zero-order valence-corrected chi connectivity index (χ0v) is 17.7. The smallest absolute Gasteiger partial charge is 0.292 e. The van der Waals surface area contributed by atoms with Crippen LogP contribution in [0.2, 0.25) is 5.02 Å². The molecule has 1 N–H and O–H groups in total. The van der Waals surface area contributed by atoms with Gasteiger partial charge in [-0.25, -0.2) is 4.39 Å². The predicted octanol–water partition coefficient (Wildman–Crippen LogP) is 5.06. The van der Waals surface area contributed by atoms with Crippen LogP contribution in [0.4, 0.5) is 15.9 Å². The van der Waals surface area contributed by atoms with Gasteiger partial charge in [0.2, 0.25) is 0 Å². The molecule has 0 unspecified atom stereocenters. The molecule has 0 bridgehead atoms. The van der Waals surface area contributed by atoms with Crippen LogP contribution in [0.1, 0.15) is 21.9 Å². The van der Waals surface area contributed by atoms with Crippen LogP contribution in [0.5, 0.6) is 5.75 Å². The Morgan fingerprint density at radius 2 is 1.97 bits per heavy atom. The Morgan fingerprint density at radius 1 is 1.18 bits per heavy atom. The summed E-state index contributed by atoms with van der Waals surface area (Å²) in [4.78, 5) is 22.6. The van der Waals surface area contributed by atoms with Crippen LogP contribution >= 0.6 is 11.6 Å². The van der Waals surface area contributed by atoms with Gasteiger partial charge in [0.05, 0.1) is 11.5 Å². The molecule has 4 rings (SSSR count). The van der Waals surface area contributed by atoms with Crippen molar-refractivity contribution in [2.75, 3.05) is 5.32 Å². The van der Waals surface area contributed by atoms with Gasteiger partial charge in [0.25, 0.3) is 11.6 Å². The first kappa shape index (κ1) is 22.0. The summed E-state index contributed by atoms with van der Waals surface area (Å²) in [5.41, 5.74) is 0.252. The quantitative estimate of drug-likeness (QED) is 0.284. The van der Waals surface area contributed by atoms with E-state index < -0.39 is 16.6 Å². The van der Waals surface area contributed by atoms with Gasteiger partial charge in [-0.1, -0.05) is 17.7 Å². The molecule has 1 amide bonds. The number of halogens is 2. The van der Waals surface area contributed by atoms with Crippen molar-refractivity contribution in [1.29, 1.82) is 0 Å². The normalized spacial score (nSPS) is 10.7. The van der Waals surface area contributed by atoms with Gasteiger partial charge in [0, 0.05) is 35.0 Å². The fraction of sp³-hybridized carbons (Fsp3) is 0.0909. The van der Waals surface area contributed by atoms with Crippen molar-refractivity contribution >= 4 is 29.0 Å². The average Bonchev–Trinajstić information content (AvgIpc) is 3.45. The number of nitrogens with zero attached hydrogens (tertiary/aromatic N) is 3. The molecule has 4 aromatic rings. The number of carbonyl (C=O) groups excluding carboxylic acids is 1. The lowest BCUT2D eigenvalue weighted by Crippen LogP contribution is -2.12. The van der Waals surface area contributed by atoms with E-state index in [2.05, 4.69) is 10.4 Å². The lowest BCUT2D eigenvalue weighted by molar-refractivity contribution is -0.384. The highest BCUT2D eigenvalue weighted by atomic mass is 35.5. The minimum absolute atomic E-state index is 0.0309. The van der Waals surface area contributed by atoms with E-state index in [1.807, 2.05) is 0 Å². The maximum absolute atomic E-state index is 14.0. The van der Waals surface area contributed by atoms with Gasteiger partial charge in [-0.05, 0) is 36.4 Å². The highest BCUT2D eigenvalue weighted by Gasteiger charge is 2.14. The third kappa shape index (κ3) is 5.36. The number of nitro benzene ring substituents is 1. The summed E-state index contributed by atoms with van der Waals surface area (Å²) in [6.07, 6.45) is 1.59. The Balaban J connectivity index is 1.34. The highest BCUT2D eigenvalue weighted by Crippen LogP contribution is 2.21. The second-order valence-electron chi connectivity index (χ2n) is 6.86. The zero-order valence-electron chi connectivity index (χ0n) is 16.9. The first-order valence-electron chi connectivity index (χ1n) is 9.63. The fourth-order valence-corrected chi connectivity index (χ4v) is 3.16. The number of furan rings is 1. The van der Waals surface area contributed by atoms with E-state index in [1.165, 1.54) is 47.1 Å². The van der Waals surface area contributed by atoms with Gasteiger partial charge >= 0.3 is 0 Å². The molecule has 9 nitrogen and oxygen atoms in total. The van der Waals surface area contributed by atoms with Crippen LogP contribution in [-0.4, -0.2) is 20.6 Å². The summed E-state index contributed by atoms with van der Waals surface area (Å²) in [7, 11) is 0. The molecule has 0 aliphatic rings. The standard InChI is InChI=1S/C22H16ClFN4O5/c23-18-2-1-3-19(24)17(18)12-27-11-10-21(26-27)25-22(29)20-9-8-16(33-20)13-32-15-6-4-14(5-7-15)28(30)31/h1-11H,12-13H2,(H,25,26,29). The minimum atomic E-state index is -0.522. The molecule has 0 spiro atoms. The van der Waals surface area contributed by atoms with Crippen LogP contribution in [0.25, 0.3) is 0 Å². The second kappa shape index (κ2) is 9.53. The lowest BCUT2D eigenvalue weighted by Gasteiger charge is -2.06. The van der Waals surface area contributed by atoms with Crippen LogP contribution in [0.3, 0.4) is 0 Å². The number of aromatic nitrogens is 2. The molecule has 0 radical (unpaired) electrons. The first-order chi connectivity index (χ1) is 15.9. The molecule has 11 heteroatoms. The third-order valence-corrected chi connectivity index (χ3v) is 4.93. The van der Waals surface area contributed by atoms with E-state index in [0.29, 0.717) is 17.1 Å². The van der Waals surface area contributed by atoms with Gasteiger partial charge in [-0.3, -0.25) is 19.6 Å². The van der Waals surface area contributed by atoms with Crippen molar-refractivity contribution in [3.63, 3.8) is 0 Å². The summed E-state index contributed by atoms with van der Waals surface area (Å²) in [5.74, 6) is 0.145. The number of anilines is 1. The number of amides is 1. The van der Waals surface area contributed by atoms with Gasteiger partial charge < -0.3 is 14.5 Å². The Bertz CT molecular complexity index is 1280. The van der Waals surface area contributed by atoms with Crippen molar-refractivity contribution in [2.24, 2.45) is 0 Å². The number of benzene rings is 2. The maximum atomic E-state index is 14.0. The number of ether oxygens (including phenoxy) is 1. The lowest BCUT2D eigenvalue weighted by atomic mass is 10.2. The third-order valence-electron chi connectivity index (χ3n) is 4.58. The molecular formula is C22H16ClFN4O5. The van der Waals surface area contributed by atoms with E-state index in [-0.39, 0.29) is 35.4 Å². The topological polar surface area (TPSA) is 112 Å². The molecule has 33 heavy (non-hydrogen) atoms. The maximum Gasteiger partial charge on any atom is 0.292 e.